The van der Waals surface area contributed by atoms with E-state index in [0.717, 1.165) is 43.5 Å². The summed E-state index contributed by atoms with van der Waals surface area (Å²) in [5.41, 5.74) is 1.94. The van der Waals surface area contributed by atoms with E-state index in [-0.39, 0.29) is 6.23 Å². The van der Waals surface area contributed by atoms with Gasteiger partial charge in [-0.05, 0) is 12.8 Å². The zero-order valence-corrected chi connectivity index (χ0v) is 22.7. The number of hydrogen-bond donors (Lipinski definition) is 0. The summed E-state index contributed by atoms with van der Waals surface area (Å²) in [4.78, 5) is 12.3. The molecule has 7 nitrogen and oxygen atoms in total. The lowest BCUT2D eigenvalue weighted by molar-refractivity contribution is -0.944. The predicted octanol–water partition coefficient (Wildman–Crippen LogP) is 6.98. The number of rotatable bonds is 17. The summed E-state index contributed by atoms with van der Waals surface area (Å²) in [5.74, 6) is 0.629. The van der Waals surface area contributed by atoms with Crippen molar-refractivity contribution in [2.75, 3.05) is 33.4 Å². The Morgan fingerprint density at radius 2 is 1.65 bits per heavy atom. The normalized spacial score (nSPS) is 18.9. The van der Waals surface area contributed by atoms with Crippen molar-refractivity contribution in [2.24, 2.45) is 0 Å². The van der Waals surface area contributed by atoms with Gasteiger partial charge in [0.1, 0.15) is 12.2 Å². The zero-order valence-electron chi connectivity index (χ0n) is 21.9. The molecule has 0 aromatic carbocycles. The molecule has 0 saturated heterocycles. The van der Waals surface area contributed by atoms with E-state index in [9.17, 15) is 4.79 Å². The van der Waals surface area contributed by atoms with Gasteiger partial charge in [0.05, 0.1) is 38.5 Å². The summed E-state index contributed by atoms with van der Waals surface area (Å²) >= 11 is 1.19. The smallest absolute Gasteiger partial charge is 0.475 e. The summed E-state index contributed by atoms with van der Waals surface area (Å²) in [6.45, 7) is 9.07. The van der Waals surface area contributed by atoms with Crippen LogP contribution in [-0.4, -0.2) is 59.0 Å². The van der Waals surface area contributed by atoms with Gasteiger partial charge in [0.2, 0.25) is 6.23 Å². The van der Waals surface area contributed by atoms with Gasteiger partial charge in [0, 0.05) is 18.9 Å². The second-order valence-electron chi connectivity index (χ2n) is 9.64. The first-order valence-electron chi connectivity index (χ1n) is 13.3. The highest BCUT2D eigenvalue weighted by Crippen LogP contribution is 2.31. The van der Waals surface area contributed by atoms with Gasteiger partial charge < -0.3 is 14.2 Å². The Bertz CT molecular complexity index is 739. The Hall–Kier alpha value is -1.67. The molecule has 0 amide bonds. The fourth-order valence-corrected chi connectivity index (χ4v) is 4.76. The van der Waals surface area contributed by atoms with Crippen LogP contribution in [0.4, 0.5) is 4.79 Å². The largest absolute Gasteiger partial charge is 0.512 e. The highest BCUT2D eigenvalue weighted by atomic mass is 32.1. The highest BCUT2D eigenvalue weighted by Gasteiger charge is 2.37. The van der Waals surface area contributed by atoms with Crippen molar-refractivity contribution in [3.05, 3.63) is 11.8 Å². The van der Waals surface area contributed by atoms with E-state index in [0.29, 0.717) is 30.1 Å². The van der Waals surface area contributed by atoms with Crippen molar-refractivity contribution in [3.8, 4) is 5.88 Å². The molecular formula is C26H46N3O4S+. The number of likely N-dealkylation sites (N-methyl/N-ethyl adjacent to an activating group) is 1. The van der Waals surface area contributed by atoms with Gasteiger partial charge in [-0.25, -0.2) is 4.79 Å². The molecule has 0 saturated carbocycles. The fourth-order valence-electron chi connectivity index (χ4n) is 4.23. The molecule has 34 heavy (non-hydrogen) atoms. The number of unbranched alkanes of at least 4 members (excludes halogenated alkanes) is 9. The van der Waals surface area contributed by atoms with Crippen LogP contribution in [0, 0.1) is 0 Å². The van der Waals surface area contributed by atoms with Crippen LogP contribution >= 0.6 is 11.7 Å². The minimum absolute atomic E-state index is 0.310. The van der Waals surface area contributed by atoms with Gasteiger partial charge in [-0.2, -0.15) is 4.37 Å². The average molecular weight is 497 g/mol. The van der Waals surface area contributed by atoms with Crippen LogP contribution < -0.4 is 4.74 Å². The van der Waals surface area contributed by atoms with Crippen molar-refractivity contribution >= 4 is 23.5 Å². The highest BCUT2D eigenvalue weighted by molar-refractivity contribution is 6.99. The van der Waals surface area contributed by atoms with Gasteiger partial charge in [-0.15, -0.1) is 4.37 Å². The fraction of sp³-hybridized carbons (Fsp3) is 0.808. The molecule has 194 valence electrons. The molecular weight excluding hydrogens is 450 g/mol. The molecule has 0 spiro atoms. The molecule has 0 radical (unpaired) electrons. The van der Waals surface area contributed by atoms with Crippen LogP contribution in [0.5, 0.6) is 5.88 Å². The molecule has 1 aromatic rings. The van der Waals surface area contributed by atoms with E-state index in [4.69, 9.17) is 14.2 Å². The van der Waals surface area contributed by atoms with E-state index in [2.05, 4.69) is 35.7 Å². The summed E-state index contributed by atoms with van der Waals surface area (Å²) in [5, 5.41) is 0. The van der Waals surface area contributed by atoms with Crippen molar-refractivity contribution in [1.82, 2.24) is 8.75 Å². The lowest BCUT2D eigenvalue weighted by Crippen LogP contribution is -2.55. The van der Waals surface area contributed by atoms with Crippen molar-refractivity contribution in [3.63, 3.8) is 0 Å². The topological polar surface area (TPSA) is 70.5 Å². The maximum absolute atomic E-state index is 12.3. The van der Waals surface area contributed by atoms with Gasteiger partial charge in [0.25, 0.3) is 5.88 Å². The van der Waals surface area contributed by atoms with Crippen molar-refractivity contribution in [1.29, 1.82) is 0 Å². The number of hydrogen-bond acceptors (Lipinski definition) is 7. The summed E-state index contributed by atoms with van der Waals surface area (Å²) in [7, 11) is 2.12. The Kier molecular flexibility index (Phi) is 13.5. The minimum atomic E-state index is -0.569. The minimum Gasteiger partial charge on any atom is -0.475 e. The summed E-state index contributed by atoms with van der Waals surface area (Å²) in [6.07, 6.45) is 15.2. The molecule has 2 atom stereocenters. The first-order valence-corrected chi connectivity index (χ1v) is 14.1. The summed E-state index contributed by atoms with van der Waals surface area (Å²) < 4.78 is 26.4. The first kappa shape index (κ1) is 28.6. The number of ether oxygens (including phenoxy) is 3. The van der Waals surface area contributed by atoms with E-state index in [1.54, 1.807) is 0 Å². The maximum atomic E-state index is 12.3. The van der Waals surface area contributed by atoms with Gasteiger partial charge >= 0.3 is 6.16 Å². The van der Waals surface area contributed by atoms with Crippen molar-refractivity contribution < 1.29 is 23.5 Å². The molecule has 0 aliphatic carbocycles. The van der Waals surface area contributed by atoms with Crippen LogP contribution in [-0.2, 0) is 9.47 Å². The third-order valence-electron chi connectivity index (χ3n) is 6.67. The number of carbonyl (C=O) groups excluding carboxylic acids is 1. The van der Waals surface area contributed by atoms with E-state index in [1.165, 1.54) is 63.1 Å². The molecule has 0 bridgehead atoms. The third-order valence-corrected chi connectivity index (χ3v) is 7.19. The van der Waals surface area contributed by atoms with Crippen LogP contribution in [0.1, 0.15) is 104 Å². The Morgan fingerprint density at radius 1 is 1.00 bits per heavy atom. The lowest BCUT2D eigenvalue weighted by Gasteiger charge is -2.41. The first-order chi connectivity index (χ1) is 16.5. The van der Waals surface area contributed by atoms with E-state index in [1.807, 2.05) is 6.92 Å². The molecule has 2 heterocycles. The summed E-state index contributed by atoms with van der Waals surface area (Å²) in [6, 6.07) is 0. The molecule has 8 heteroatoms. The monoisotopic (exact) mass is 496 g/mol. The molecule has 2 rings (SSSR count). The molecule has 1 aliphatic heterocycles. The molecule has 0 N–H and O–H groups in total. The SMILES string of the molecule is CCCCCCCCCOC(=O)OC(C)[N+]1(C)CCC=C(c2nsnc2OCCCCCC)C1. The van der Waals surface area contributed by atoms with Gasteiger partial charge in [0.15, 0.2) is 0 Å². The number of carbonyl (C=O) groups is 1. The molecule has 0 fully saturated rings. The zero-order chi connectivity index (χ0) is 24.7. The quantitative estimate of drug-likeness (QED) is 0.132. The standard InChI is InChI=1S/C26H46N3O4S/c1-5-7-9-11-12-13-15-20-32-26(30)33-22(3)29(4)18-16-17-23(21-29)24-25(28-34-27-24)31-19-14-10-8-6-2/h17,22H,5-16,18-21H2,1-4H3/q+1. The third kappa shape index (κ3) is 9.90. The van der Waals surface area contributed by atoms with Crippen LogP contribution in [0.2, 0.25) is 0 Å². The predicted molar refractivity (Wildman–Crippen MR) is 138 cm³/mol. The van der Waals surface area contributed by atoms with Crippen molar-refractivity contribution in [2.45, 2.75) is 104 Å². The lowest BCUT2D eigenvalue weighted by atomic mass is 10.0. The van der Waals surface area contributed by atoms with Crippen LogP contribution in [0.25, 0.3) is 5.57 Å². The average Bonchev–Trinajstić information content (AvgIpc) is 3.29. The Labute approximate surface area is 210 Å². The molecule has 2 unspecified atom stereocenters. The van der Waals surface area contributed by atoms with E-state index < -0.39 is 6.16 Å². The molecule has 1 aliphatic rings. The van der Waals surface area contributed by atoms with Crippen LogP contribution in [0.15, 0.2) is 6.08 Å². The Morgan fingerprint density at radius 3 is 2.38 bits per heavy atom. The number of aromatic nitrogens is 2. The molecule has 1 aromatic heterocycles. The van der Waals surface area contributed by atoms with Crippen LogP contribution in [0.3, 0.4) is 0 Å². The number of nitrogens with zero attached hydrogens (tertiary/aromatic N) is 3. The second kappa shape index (κ2) is 16.1. The van der Waals surface area contributed by atoms with Gasteiger partial charge in [-0.1, -0.05) is 77.7 Å². The number of quaternary nitrogens is 1. The van der Waals surface area contributed by atoms with E-state index >= 15 is 0 Å². The van der Waals surface area contributed by atoms with Gasteiger partial charge in [-0.3, -0.25) is 4.48 Å². The second-order valence-corrected chi connectivity index (χ2v) is 10.2. The maximum Gasteiger partial charge on any atom is 0.512 e. The Balaban J connectivity index is 1.76.